The van der Waals surface area contributed by atoms with Crippen LogP contribution >= 0.6 is 0 Å². The lowest BCUT2D eigenvalue weighted by atomic mass is 10.1. The first-order chi connectivity index (χ1) is 16.9. The van der Waals surface area contributed by atoms with Gasteiger partial charge in [0.2, 0.25) is 0 Å². The topological polar surface area (TPSA) is 66.5 Å². The van der Waals surface area contributed by atoms with Crippen molar-refractivity contribution in [2.45, 2.75) is 24.8 Å². The highest BCUT2D eigenvalue weighted by Gasteiger charge is 2.30. The molecule has 0 bridgehead atoms. The normalized spacial score (nSPS) is 13.5. The van der Waals surface area contributed by atoms with Gasteiger partial charge in [-0.2, -0.15) is 13.2 Å². The van der Waals surface area contributed by atoms with Crippen LogP contribution in [0.1, 0.15) is 23.7 Å². The Morgan fingerprint density at radius 3 is 2.43 bits per heavy atom. The van der Waals surface area contributed by atoms with Gasteiger partial charge in [0.05, 0.1) is 5.56 Å². The van der Waals surface area contributed by atoms with Crippen LogP contribution in [-0.4, -0.2) is 35.9 Å². The molecule has 0 aliphatic carbocycles. The predicted octanol–water partition coefficient (Wildman–Crippen LogP) is 5.73. The van der Waals surface area contributed by atoms with E-state index in [9.17, 15) is 18.3 Å². The number of ether oxygens (including phenoxy) is 2. The second-order valence-corrected chi connectivity index (χ2v) is 8.19. The molecule has 0 saturated heterocycles. The molecule has 35 heavy (non-hydrogen) atoms. The van der Waals surface area contributed by atoms with E-state index < -0.39 is 17.8 Å². The number of aliphatic hydroxyl groups excluding tert-OH is 1. The lowest BCUT2D eigenvalue weighted by Gasteiger charge is -2.21. The molecular weight excluding hydrogens is 457 g/mol. The van der Waals surface area contributed by atoms with Crippen molar-refractivity contribution in [2.75, 3.05) is 19.7 Å². The van der Waals surface area contributed by atoms with Crippen molar-refractivity contribution in [1.29, 1.82) is 0 Å². The van der Waals surface area contributed by atoms with Gasteiger partial charge in [-0.25, -0.2) is 0 Å². The van der Waals surface area contributed by atoms with Gasteiger partial charge in [-0.3, -0.25) is 0 Å². The summed E-state index contributed by atoms with van der Waals surface area (Å²) in [7, 11) is 0. The quantitative estimate of drug-likeness (QED) is 0.238. The fraction of sp³-hybridized carbons (Fsp3) is 0.259. The third-order valence-electron chi connectivity index (χ3n) is 5.58. The van der Waals surface area contributed by atoms with E-state index in [4.69, 9.17) is 9.47 Å². The first-order valence-electron chi connectivity index (χ1n) is 11.4. The number of H-pyrrole nitrogens is 1. The van der Waals surface area contributed by atoms with E-state index in [-0.39, 0.29) is 12.7 Å². The molecule has 2 atom stereocenters. The van der Waals surface area contributed by atoms with Crippen LogP contribution in [0.5, 0.6) is 11.5 Å². The molecule has 0 aliphatic heterocycles. The van der Waals surface area contributed by atoms with E-state index in [1.165, 1.54) is 12.1 Å². The van der Waals surface area contributed by atoms with Gasteiger partial charge in [0.1, 0.15) is 30.3 Å². The molecule has 0 radical (unpaired) electrons. The average molecular weight is 485 g/mol. The Bertz CT molecular complexity index is 1190. The number of aliphatic hydroxyl groups is 1. The Balaban J connectivity index is 1.28. The highest BCUT2D eigenvalue weighted by molar-refractivity contribution is 5.85. The van der Waals surface area contributed by atoms with Crippen molar-refractivity contribution in [3.63, 3.8) is 0 Å². The fourth-order valence-electron chi connectivity index (χ4n) is 3.78. The summed E-state index contributed by atoms with van der Waals surface area (Å²) in [6.45, 7) is 0.997. The Hall–Kier alpha value is -3.49. The zero-order chi connectivity index (χ0) is 24.7. The van der Waals surface area contributed by atoms with Crippen LogP contribution in [0.25, 0.3) is 10.9 Å². The lowest BCUT2D eigenvalue weighted by molar-refractivity contribution is -0.137. The summed E-state index contributed by atoms with van der Waals surface area (Å²) < 4.78 is 50.3. The van der Waals surface area contributed by atoms with Crippen molar-refractivity contribution in [2.24, 2.45) is 0 Å². The standard InChI is InChI=1S/C27H27F3N2O3/c28-27(29,30)20-9-11-22(12-10-20)35-25(19-5-2-1-3-6-19)14-15-31-17-21(33)18-34-26-8-4-7-24-23(26)13-16-32-24/h1-13,16,21,25,31-33H,14-15,17-18H2/t21-,25+/m1/s1. The van der Waals surface area contributed by atoms with Crippen LogP contribution in [-0.2, 0) is 6.18 Å². The maximum absolute atomic E-state index is 12.8. The molecule has 0 amide bonds. The number of hydrogen-bond acceptors (Lipinski definition) is 4. The minimum Gasteiger partial charge on any atom is -0.490 e. The van der Waals surface area contributed by atoms with Crippen molar-refractivity contribution in [3.8, 4) is 11.5 Å². The van der Waals surface area contributed by atoms with Crippen LogP contribution in [0, 0.1) is 0 Å². The average Bonchev–Trinajstić information content (AvgIpc) is 3.34. The van der Waals surface area contributed by atoms with Gasteiger partial charge in [0.25, 0.3) is 0 Å². The molecule has 4 aromatic rings. The second kappa shape index (κ2) is 11.3. The zero-order valence-corrected chi connectivity index (χ0v) is 19.0. The molecular formula is C27H27F3N2O3. The third kappa shape index (κ3) is 6.77. The summed E-state index contributed by atoms with van der Waals surface area (Å²) >= 11 is 0. The summed E-state index contributed by atoms with van der Waals surface area (Å²) in [5.74, 6) is 1.07. The molecule has 184 valence electrons. The number of alkyl halides is 3. The monoisotopic (exact) mass is 484 g/mol. The smallest absolute Gasteiger partial charge is 0.416 e. The highest BCUT2D eigenvalue weighted by atomic mass is 19.4. The fourth-order valence-corrected chi connectivity index (χ4v) is 3.78. The summed E-state index contributed by atoms with van der Waals surface area (Å²) in [5.41, 5.74) is 1.17. The van der Waals surface area contributed by atoms with Crippen molar-refractivity contribution < 1.29 is 27.8 Å². The van der Waals surface area contributed by atoms with E-state index in [1.807, 2.05) is 60.8 Å². The number of fused-ring (bicyclic) bond motifs is 1. The van der Waals surface area contributed by atoms with Gasteiger partial charge < -0.3 is 24.9 Å². The number of aromatic nitrogens is 1. The van der Waals surface area contributed by atoms with E-state index in [0.717, 1.165) is 28.6 Å². The van der Waals surface area contributed by atoms with Gasteiger partial charge in [0.15, 0.2) is 0 Å². The molecule has 0 fully saturated rings. The summed E-state index contributed by atoms with van der Waals surface area (Å²) in [6.07, 6.45) is -3.07. The number of aromatic amines is 1. The number of halogens is 3. The van der Waals surface area contributed by atoms with Crippen LogP contribution in [0.4, 0.5) is 13.2 Å². The molecule has 3 N–H and O–H groups in total. The largest absolute Gasteiger partial charge is 0.490 e. The molecule has 5 nitrogen and oxygen atoms in total. The van der Waals surface area contributed by atoms with Gasteiger partial charge in [-0.05, 0) is 54.6 Å². The number of hydrogen-bond donors (Lipinski definition) is 3. The van der Waals surface area contributed by atoms with E-state index in [2.05, 4.69) is 10.3 Å². The second-order valence-electron chi connectivity index (χ2n) is 8.19. The van der Waals surface area contributed by atoms with E-state index in [1.54, 1.807) is 0 Å². The zero-order valence-electron chi connectivity index (χ0n) is 19.0. The van der Waals surface area contributed by atoms with Crippen molar-refractivity contribution in [3.05, 3.63) is 96.2 Å². The molecule has 0 saturated carbocycles. The Morgan fingerprint density at radius 1 is 0.914 bits per heavy atom. The Morgan fingerprint density at radius 2 is 1.69 bits per heavy atom. The number of rotatable bonds is 11. The first kappa shape index (κ1) is 24.6. The van der Waals surface area contributed by atoms with Gasteiger partial charge >= 0.3 is 6.18 Å². The van der Waals surface area contributed by atoms with E-state index in [0.29, 0.717) is 31.0 Å². The van der Waals surface area contributed by atoms with E-state index >= 15 is 0 Å². The maximum Gasteiger partial charge on any atom is 0.416 e. The molecule has 8 heteroatoms. The van der Waals surface area contributed by atoms with Crippen LogP contribution in [0.3, 0.4) is 0 Å². The van der Waals surface area contributed by atoms with Crippen molar-refractivity contribution >= 4 is 10.9 Å². The van der Waals surface area contributed by atoms with Crippen LogP contribution in [0.2, 0.25) is 0 Å². The predicted molar refractivity (Wildman–Crippen MR) is 129 cm³/mol. The summed E-state index contributed by atoms with van der Waals surface area (Å²) in [6, 6.07) is 21.8. The number of benzene rings is 3. The van der Waals surface area contributed by atoms with Gasteiger partial charge in [-0.15, -0.1) is 0 Å². The van der Waals surface area contributed by atoms with Gasteiger partial charge in [-0.1, -0.05) is 36.4 Å². The van der Waals surface area contributed by atoms with Crippen molar-refractivity contribution in [1.82, 2.24) is 10.3 Å². The lowest BCUT2D eigenvalue weighted by Crippen LogP contribution is -2.32. The maximum atomic E-state index is 12.8. The molecule has 1 aromatic heterocycles. The Labute approximate surface area is 201 Å². The summed E-state index contributed by atoms with van der Waals surface area (Å²) in [5, 5.41) is 14.5. The van der Waals surface area contributed by atoms with Crippen LogP contribution in [0.15, 0.2) is 85.1 Å². The minimum atomic E-state index is -4.39. The molecule has 1 heterocycles. The summed E-state index contributed by atoms with van der Waals surface area (Å²) in [4.78, 5) is 3.12. The number of nitrogens with one attached hydrogen (secondary N) is 2. The highest BCUT2D eigenvalue weighted by Crippen LogP contribution is 2.32. The Kier molecular flexibility index (Phi) is 7.94. The molecule has 0 aliphatic rings. The molecule has 0 spiro atoms. The first-order valence-corrected chi connectivity index (χ1v) is 11.4. The molecule has 3 aromatic carbocycles. The molecule has 0 unspecified atom stereocenters. The third-order valence-corrected chi connectivity index (χ3v) is 5.58. The minimum absolute atomic E-state index is 0.140. The molecule has 4 rings (SSSR count). The van der Waals surface area contributed by atoms with Gasteiger partial charge in [0, 0.05) is 30.1 Å². The van der Waals surface area contributed by atoms with Crippen LogP contribution < -0.4 is 14.8 Å². The SMILES string of the molecule is O[C@H](CNCC[C@H](Oc1ccc(C(F)(F)F)cc1)c1ccccc1)COc1cccc2[nH]ccc12.